The highest BCUT2D eigenvalue weighted by atomic mass is 16.3. The van der Waals surface area contributed by atoms with Crippen molar-refractivity contribution in [3.05, 3.63) is 23.3 Å². The SMILES string of the molecule is CC1=CCC2C3CCC4=CC(O)CCC4C3CC[C@]12C. The molecule has 1 nitrogen and oxygen atoms in total. The van der Waals surface area contributed by atoms with Gasteiger partial charge in [-0.15, -0.1) is 0 Å². The number of hydrogen-bond donors (Lipinski definition) is 1. The Morgan fingerprint density at radius 2 is 2.00 bits per heavy atom. The lowest BCUT2D eigenvalue weighted by atomic mass is 9.51. The van der Waals surface area contributed by atoms with Crippen molar-refractivity contribution in [2.75, 3.05) is 0 Å². The molecule has 4 rings (SSSR count). The zero-order valence-corrected chi connectivity index (χ0v) is 12.9. The topological polar surface area (TPSA) is 20.2 Å². The maximum atomic E-state index is 9.89. The van der Waals surface area contributed by atoms with Gasteiger partial charge in [0.1, 0.15) is 0 Å². The van der Waals surface area contributed by atoms with Crippen molar-refractivity contribution < 1.29 is 5.11 Å². The summed E-state index contributed by atoms with van der Waals surface area (Å²) in [4.78, 5) is 0. The molecule has 0 amide bonds. The van der Waals surface area contributed by atoms with Crippen molar-refractivity contribution in [2.24, 2.45) is 29.1 Å². The van der Waals surface area contributed by atoms with E-state index in [0.717, 1.165) is 30.1 Å². The molecule has 0 aromatic heterocycles. The molecule has 0 aromatic carbocycles. The van der Waals surface area contributed by atoms with E-state index >= 15 is 0 Å². The smallest absolute Gasteiger partial charge is 0.0723 e. The van der Waals surface area contributed by atoms with Crippen LogP contribution in [0.15, 0.2) is 23.3 Å². The van der Waals surface area contributed by atoms with Crippen LogP contribution in [0.5, 0.6) is 0 Å². The van der Waals surface area contributed by atoms with Crippen LogP contribution in [0.4, 0.5) is 0 Å². The molecule has 0 aliphatic heterocycles. The molecule has 0 bridgehead atoms. The zero-order valence-electron chi connectivity index (χ0n) is 12.9. The van der Waals surface area contributed by atoms with E-state index in [0.29, 0.717) is 5.41 Å². The van der Waals surface area contributed by atoms with Crippen molar-refractivity contribution >= 4 is 0 Å². The fraction of sp³-hybridized carbons (Fsp3) is 0.789. The van der Waals surface area contributed by atoms with Gasteiger partial charge >= 0.3 is 0 Å². The van der Waals surface area contributed by atoms with Crippen molar-refractivity contribution in [3.63, 3.8) is 0 Å². The number of aliphatic hydroxyl groups excluding tert-OH is 1. The summed E-state index contributed by atoms with van der Waals surface area (Å²) in [5.41, 5.74) is 3.79. The number of aliphatic hydroxyl groups is 1. The van der Waals surface area contributed by atoms with Gasteiger partial charge in [-0.2, -0.15) is 0 Å². The largest absolute Gasteiger partial charge is 0.389 e. The second-order valence-electron chi connectivity index (χ2n) is 8.04. The highest BCUT2D eigenvalue weighted by Gasteiger charge is 2.52. The Kier molecular flexibility index (Phi) is 2.93. The molecular weight excluding hydrogens is 244 g/mol. The van der Waals surface area contributed by atoms with Gasteiger partial charge in [-0.3, -0.25) is 0 Å². The summed E-state index contributed by atoms with van der Waals surface area (Å²) in [6.07, 6.45) is 13.6. The van der Waals surface area contributed by atoms with E-state index in [1.807, 2.05) is 0 Å². The Labute approximate surface area is 123 Å². The van der Waals surface area contributed by atoms with Crippen LogP contribution in [0.3, 0.4) is 0 Å². The van der Waals surface area contributed by atoms with E-state index in [4.69, 9.17) is 0 Å². The first kappa shape index (κ1) is 13.1. The number of hydrogen-bond acceptors (Lipinski definition) is 1. The van der Waals surface area contributed by atoms with Crippen LogP contribution in [0.1, 0.15) is 58.8 Å². The Bertz CT molecular complexity index is 474. The molecule has 6 atom stereocenters. The molecule has 0 heterocycles. The fourth-order valence-electron chi connectivity index (χ4n) is 6.09. The molecule has 0 aromatic rings. The summed E-state index contributed by atoms with van der Waals surface area (Å²) in [5.74, 6) is 3.58. The average Bonchev–Trinajstić information content (AvgIpc) is 2.74. The Hall–Kier alpha value is -0.560. The predicted molar refractivity (Wildman–Crippen MR) is 82.2 cm³/mol. The van der Waals surface area contributed by atoms with Gasteiger partial charge in [0.2, 0.25) is 0 Å². The highest BCUT2D eigenvalue weighted by molar-refractivity contribution is 5.26. The third kappa shape index (κ3) is 1.71. The van der Waals surface area contributed by atoms with E-state index in [1.165, 1.54) is 38.5 Å². The lowest BCUT2D eigenvalue weighted by Crippen LogP contribution is -2.45. The minimum atomic E-state index is -0.151. The number of allylic oxidation sites excluding steroid dienone is 3. The second kappa shape index (κ2) is 4.47. The van der Waals surface area contributed by atoms with Gasteiger partial charge in [0.05, 0.1) is 6.10 Å². The molecule has 4 aliphatic carbocycles. The lowest BCUT2D eigenvalue weighted by Gasteiger charge is -2.53. The van der Waals surface area contributed by atoms with E-state index < -0.39 is 0 Å². The number of fused-ring (bicyclic) bond motifs is 5. The summed E-state index contributed by atoms with van der Waals surface area (Å²) < 4.78 is 0. The summed E-state index contributed by atoms with van der Waals surface area (Å²) in [5, 5.41) is 9.89. The van der Waals surface area contributed by atoms with Crippen molar-refractivity contribution in [3.8, 4) is 0 Å². The van der Waals surface area contributed by atoms with Crippen LogP contribution >= 0.6 is 0 Å². The van der Waals surface area contributed by atoms with Crippen molar-refractivity contribution in [1.82, 2.24) is 0 Å². The van der Waals surface area contributed by atoms with Crippen LogP contribution in [-0.4, -0.2) is 11.2 Å². The van der Waals surface area contributed by atoms with Crippen LogP contribution in [-0.2, 0) is 0 Å². The third-order valence-electron chi connectivity index (χ3n) is 7.40. The molecule has 0 saturated heterocycles. The molecule has 20 heavy (non-hydrogen) atoms. The molecule has 0 radical (unpaired) electrons. The third-order valence-corrected chi connectivity index (χ3v) is 7.40. The summed E-state index contributed by atoms with van der Waals surface area (Å²) in [6, 6.07) is 0. The monoisotopic (exact) mass is 272 g/mol. The van der Waals surface area contributed by atoms with Crippen molar-refractivity contribution in [2.45, 2.75) is 64.9 Å². The Morgan fingerprint density at radius 1 is 1.15 bits per heavy atom. The molecule has 1 N–H and O–H groups in total. The highest BCUT2D eigenvalue weighted by Crippen LogP contribution is 2.61. The van der Waals surface area contributed by atoms with E-state index in [-0.39, 0.29) is 6.10 Å². The van der Waals surface area contributed by atoms with Crippen LogP contribution in [0, 0.1) is 29.1 Å². The van der Waals surface area contributed by atoms with Crippen LogP contribution in [0.2, 0.25) is 0 Å². The van der Waals surface area contributed by atoms with E-state index in [2.05, 4.69) is 26.0 Å². The van der Waals surface area contributed by atoms with E-state index in [1.54, 1.807) is 11.1 Å². The molecule has 4 aliphatic rings. The summed E-state index contributed by atoms with van der Waals surface area (Å²) in [7, 11) is 0. The minimum Gasteiger partial charge on any atom is -0.389 e. The molecular formula is C19H28O. The van der Waals surface area contributed by atoms with Crippen molar-refractivity contribution in [1.29, 1.82) is 0 Å². The molecule has 2 fully saturated rings. The standard InChI is InChI=1S/C19H28O/c1-12-3-8-18-17-6-4-13-11-14(20)5-7-15(13)16(17)9-10-19(12,18)2/h3,11,14-18,20H,4-10H2,1-2H3/t14?,15?,16?,17?,18?,19-/m1/s1. The first-order valence-electron chi connectivity index (χ1n) is 8.65. The van der Waals surface area contributed by atoms with Gasteiger partial charge in [-0.05, 0) is 81.0 Å². The molecule has 2 saturated carbocycles. The minimum absolute atomic E-state index is 0.151. The van der Waals surface area contributed by atoms with Crippen LogP contribution in [0.25, 0.3) is 0 Å². The van der Waals surface area contributed by atoms with Gasteiger partial charge in [0.25, 0.3) is 0 Å². The van der Waals surface area contributed by atoms with Gasteiger partial charge in [0, 0.05) is 0 Å². The molecule has 5 unspecified atom stereocenters. The normalized spacial score (nSPS) is 50.6. The average molecular weight is 272 g/mol. The quantitative estimate of drug-likeness (QED) is 0.645. The summed E-state index contributed by atoms with van der Waals surface area (Å²) in [6.45, 7) is 4.90. The Morgan fingerprint density at radius 3 is 2.85 bits per heavy atom. The Balaban J connectivity index is 1.62. The predicted octanol–water partition coefficient (Wildman–Crippen LogP) is 4.48. The summed E-state index contributed by atoms with van der Waals surface area (Å²) >= 11 is 0. The first-order chi connectivity index (χ1) is 9.59. The van der Waals surface area contributed by atoms with Gasteiger partial charge in [-0.1, -0.05) is 30.2 Å². The first-order valence-corrected chi connectivity index (χ1v) is 8.65. The van der Waals surface area contributed by atoms with Crippen LogP contribution < -0.4 is 0 Å². The molecule has 0 spiro atoms. The maximum Gasteiger partial charge on any atom is 0.0723 e. The lowest BCUT2D eigenvalue weighted by molar-refractivity contribution is 0.00465. The van der Waals surface area contributed by atoms with Gasteiger partial charge < -0.3 is 5.11 Å². The molecule has 1 heteroatoms. The fourth-order valence-corrected chi connectivity index (χ4v) is 6.09. The molecule has 110 valence electrons. The van der Waals surface area contributed by atoms with E-state index in [9.17, 15) is 5.11 Å². The van der Waals surface area contributed by atoms with Gasteiger partial charge in [0.15, 0.2) is 0 Å². The maximum absolute atomic E-state index is 9.89. The zero-order chi connectivity index (χ0) is 13.9. The number of rotatable bonds is 0. The van der Waals surface area contributed by atoms with Gasteiger partial charge in [-0.25, -0.2) is 0 Å². The second-order valence-corrected chi connectivity index (χ2v) is 8.04.